The topological polar surface area (TPSA) is 66.4 Å². The van der Waals surface area contributed by atoms with Gasteiger partial charge in [0.2, 0.25) is 0 Å². The molecule has 1 atom stereocenters. The van der Waals surface area contributed by atoms with E-state index in [0.717, 1.165) is 11.1 Å². The summed E-state index contributed by atoms with van der Waals surface area (Å²) in [5.74, 6) is 0. The number of hydrogen-bond donors (Lipinski definition) is 2. The van der Waals surface area contributed by atoms with E-state index in [4.69, 9.17) is 4.55 Å². The summed E-state index contributed by atoms with van der Waals surface area (Å²) >= 11 is 0. The van der Waals surface area contributed by atoms with E-state index in [1.54, 1.807) is 18.2 Å². The molecule has 0 amide bonds. The van der Waals surface area contributed by atoms with Gasteiger partial charge < -0.3 is 0 Å². The summed E-state index contributed by atoms with van der Waals surface area (Å²) in [5.41, 5.74) is 1.73. The number of benzene rings is 1. The predicted octanol–water partition coefficient (Wildman–Crippen LogP) is 1.96. The Kier molecular flexibility index (Phi) is 3.76. The van der Waals surface area contributed by atoms with Crippen molar-refractivity contribution in [3.05, 3.63) is 65.8 Å². The molecule has 0 saturated heterocycles. The minimum atomic E-state index is -4.22. The molecule has 1 aliphatic carbocycles. The quantitative estimate of drug-likeness (QED) is 0.819. The second-order valence-electron chi connectivity index (χ2n) is 3.87. The average molecular weight is 263 g/mol. The molecule has 1 aromatic carbocycles. The minimum Gasteiger partial charge on any atom is -0.273 e. The first kappa shape index (κ1) is 12.8. The van der Waals surface area contributed by atoms with E-state index in [9.17, 15) is 8.42 Å². The second kappa shape index (κ2) is 5.30. The smallest absolute Gasteiger partial charge is 0.273 e. The summed E-state index contributed by atoms with van der Waals surface area (Å²) in [4.78, 5) is 0. The van der Waals surface area contributed by atoms with E-state index in [1.165, 1.54) is 0 Å². The van der Waals surface area contributed by atoms with Gasteiger partial charge in [0.1, 0.15) is 0 Å². The van der Waals surface area contributed by atoms with Gasteiger partial charge in [-0.15, -0.1) is 0 Å². The van der Waals surface area contributed by atoms with Crippen molar-refractivity contribution in [3.63, 3.8) is 0 Å². The van der Waals surface area contributed by atoms with Crippen molar-refractivity contribution < 1.29 is 13.0 Å². The molecule has 0 heterocycles. The van der Waals surface area contributed by atoms with Crippen LogP contribution in [0.1, 0.15) is 5.56 Å². The molecule has 2 rings (SSSR count). The second-order valence-corrected chi connectivity index (χ2v) is 5.06. The van der Waals surface area contributed by atoms with E-state index < -0.39 is 16.3 Å². The molecule has 0 saturated carbocycles. The van der Waals surface area contributed by atoms with E-state index >= 15 is 0 Å². The SMILES string of the molecule is O=S(=O)(O)NC1C=CC=CC1=Cc1ccccc1. The molecule has 0 radical (unpaired) electrons. The van der Waals surface area contributed by atoms with Gasteiger partial charge in [0.05, 0.1) is 6.04 Å². The molecule has 1 unspecified atom stereocenters. The van der Waals surface area contributed by atoms with E-state index in [0.29, 0.717) is 0 Å². The zero-order valence-electron chi connectivity index (χ0n) is 9.52. The summed E-state index contributed by atoms with van der Waals surface area (Å²) in [5, 5.41) is 0. The third-order valence-electron chi connectivity index (χ3n) is 2.47. The van der Waals surface area contributed by atoms with Crippen molar-refractivity contribution in [3.8, 4) is 0 Å². The fourth-order valence-electron chi connectivity index (χ4n) is 1.70. The molecule has 0 bridgehead atoms. The van der Waals surface area contributed by atoms with Gasteiger partial charge in [-0.25, -0.2) is 0 Å². The normalized spacial score (nSPS) is 21.4. The summed E-state index contributed by atoms with van der Waals surface area (Å²) < 4.78 is 32.7. The number of rotatable bonds is 3. The Morgan fingerprint density at radius 1 is 1.17 bits per heavy atom. The summed E-state index contributed by atoms with van der Waals surface area (Å²) in [6.45, 7) is 0. The molecular formula is C13H13NO3S. The third-order valence-corrected chi connectivity index (χ3v) is 3.02. The van der Waals surface area contributed by atoms with Gasteiger partial charge in [0.15, 0.2) is 0 Å². The van der Waals surface area contributed by atoms with Crippen LogP contribution in [0, 0.1) is 0 Å². The van der Waals surface area contributed by atoms with Gasteiger partial charge in [0, 0.05) is 0 Å². The summed E-state index contributed by atoms with van der Waals surface area (Å²) in [7, 11) is -4.22. The van der Waals surface area contributed by atoms with Gasteiger partial charge in [0.25, 0.3) is 0 Å². The average Bonchev–Trinajstić information content (AvgIpc) is 2.31. The van der Waals surface area contributed by atoms with Gasteiger partial charge in [-0.3, -0.25) is 4.55 Å². The maximum Gasteiger partial charge on any atom is 0.334 e. The fourth-order valence-corrected chi connectivity index (χ4v) is 2.24. The van der Waals surface area contributed by atoms with Crippen LogP contribution in [-0.2, 0) is 10.3 Å². The molecule has 0 aliphatic heterocycles. The minimum absolute atomic E-state index is 0.551. The molecular weight excluding hydrogens is 250 g/mol. The van der Waals surface area contributed by atoms with Crippen LogP contribution in [-0.4, -0.2) is 19.0 Å². The molecule has 0 spiro atoms. The predicted molar refractivity (Wildman–Crippen MR) is 71.2 cm³/mol. The highest BCUT2D eigenvalue weighted by Crippen LogP contribution is 2.16. The Labute approximate surface area is 106 Å². The lowest BCUT2D eigenvalue weighted by Gasteiger charge is -2.16. The summed E-state index contributed by atoms with van der Waals surface area (Å²) in [6, 6.07) is 9.00. The first-order chi connectivity index (χ1) is 8.54. The van der Waals surface area contributed by atoms with Gasteiger partial charge >= 0.3 is 10.3 Å². The zero-order valence-corrected chi connectivity index (χ0v) is 10.3. The van der Waals surface area contributed by atoms with Crippen LogP contribution in [0.25, 0.3) is 6.08 Å². The first-order valence-electron chi connectivity index (χ1n) is 5.41. The van der Waals surface area contributed by atoms with E-state index in [-0.39, 0.29) is 0 Å². The summed E-state index contributed by atoms with van der Waals surface area (Å²) in [6.07, 6.45) is 8.88. The van der Waals surface area contributed by atoms with Crippen LogP contribution in [0.15, 0.2) is 60.2 Å². The van der Waals surface area contributed by atoms with Crippen LogP contribution in [0.5, 0.6) is 0 Å². The molecule has 5 heteroatoms. The number of hydrogen-bond acceptors (Lipinski definition) is 2. The van der Waals surface area contributed by atoms with Crippen LogP contribution in [0.2, 0.25) is 0 Å². The van der Waals surface area contributed by atoms with Crippen molar-refractivity contribution >= 4 is 16.4 Å². The zero-order chi connectivity index (χ0) is 13.0. The van der Waals surface area contributed by atoms with Gasteiger partial charge in [-0.05, 0) is 17.2 Å². The number of allylic oxidation sites excluding steroid dienone is 2. The van der Waals surface area contributed by atoms with Crippen molar-refractivity contribution in [2.45, 2.75) is 6.04 Å². The molecule has 4 nitrogen and oxygen atoms in total. The maximum atomic E-state index is 10.9. The van der Waals surface area contributed by atoms with Crippen molar-refractivity contribution in [1.29, 1.82) is 0 Å². The van der Waals surface area contributed by atoms with Gasteiger partial charge in [-0.2, -0.15) is 13.1 Å². The monoisotopic (exact) mass is 263 g/mol. The number of nitrogens with one attached hydrogen (secondary N) is 1. The van der Waals surface area contributed by atoms with Crippen LogP contribution >= 0.6 is 0 Å². The lowest BCUT2D eigenvalue weighted by molar-refractivity contribution is 0.465. The van der Waals surface area contributed by atoms with Crippen molar-refractivity contribution in [2.24, 2.45) is 0 Å². The fraction of sp³-hybridized carbons (Fsp3) is 0.0769. The van der Waals surface area contributed by atoms with Gasteiger partial charge in [-0.1, -0.05) is 54.6 Å². The highest BCUT2D eigenvalue weighted by molar-refractivity contribution is 7.83. The Bertz CT molecular complexity index is 600. The molecule has 94 valence electrons. The van der Waals surface area contributed by atoms with Crippen LogP contribution < -0.4 is 4.72 Å². The van der Waals surface area contributed by atoms with Crippen molar-refractivity contribution in [2.75, 3.05) is 0 Å². The Balaban J connectivity index is 2.27. The maximum absolute atomic E-state index is 10.9. The highest BCUT2D eigenvalue weighted by atomic mass is 32.2. The molecule has 0 fully saturated rings. The Hall–Kier alpha value is -1.69. The molecule has 1 aromatic rings. The standard InChI is InChI=1S/C13H13NO3S/c15-18(16,17)14-13-9-5-4-8-12(13)10-11-6-2-1-3-7-11/h1-10,13-14H,(H,15,16,17). The van der Waals surface area contributed by atoms with Crippen LogP contribution in [0.4, 0.5) is 0 Å². The molecule has 2 N–H and O–H groups in total. The first-order valence-corrected chi connectivity index (χ1v) is 6.85. The lowest BCUT2D eigenvalue weighted by atomic mass is 10.0. The third kappa shape index (κ3) is 3.66. The van der Waals surface area contributed by atoms with Crippen molar-refractivity contribution in [1.82, 2.24) is 4.72 Å². The lowest BCUT2D eigenvalue weighted by Crippen LogP contribution is -2.34. The van der Waals surface area contributed by atoms with E-state index in [2.05, 4.69) is 4.72 Å². The Morgan fingerprint density at radius 2 is 1.89 bits per heavy atom. The molecule has 18 heavy (non-hydrogen) atoms. The Morgan fingerprint density at radius 3 is 2.56 bits per heavy atom. The van der Waals surface area contributed by atoms with E-state index in [1.807, 2.05) is 42.5 Å². The van der Waals surface area contributed by atoms with Crippen LogP contribution in [0.3, 0.4) is 0 Å². The molecule has 0 aromatic heterocycles. The molecule has 1 aliphatic rings. The largest absolute Gasteiger partial charge is 0.334 e. The highest BCUT2D eigenvalue weighted by Gasteiger charge is 2.16.